The number of ether oxygens (including phenoxy) is 2. The van der Waals surface area contributed by atoms with Crippen LogP contribution in [-0.2, 0) is 25.7 Å². The van der Waals surface area contributed by atoms with Crippen LogP contribution < -0.4 is 5.84 Å². The van der Waals surface area contributed by atoms with Crippen molar-refractivity contribution in [3.63, 3.8) is 0 Å². The first-order chi connectivity index (χ1) is 9.61. The highest BCUT2D eigenvalue weighted by molar-refractivity contribution is 5.85. The molecule has 22 heavy (non-hydrogen) atoms. The summed E-state index contributed by atoms with van der Waals surface area (Å²) < 4.78 is 9.90. The number of rotatable bonds is 4. The molecule has 0 aliphatic carbocycles. The van der Waals surface area contributed by atoms with E-state index in [1.807, 2.05) is 30.3 Å². The van der Waals surface area contributed by atoms with Crippen LogP contribution in [-0.4, -0.2) is 36.6 Å². The summed E-state index contributed by atoms with van der Waals surface area (Å²) in [6.07, 6.45) is 0.330. The molecular formula is C14H20Cl2N2O4. The van der Waals surface area contributed by atoms with Crippen LogP contribution in [0, 0.1) is 5.92 Å². The van der Waals surface area contributed by atoms with E-state index < -0.39 is 17.9 Å². The molecule has 6 nitrogen and oxygen atoms in total. The lowest BCUT2D eigenvalue weighted by molar-refractivity contribution is -0.149. The average Bonchev–Trinajstić information content (AvgIpc) is 2.87. The minimum absolute atomic E-state index is 0. The van der Waals surface area contributed by atoms with Crippen LogP contribution in [0.4, 0.5) is 0 Å². The molecule has 2 unspecified atom stereocenters. The van der Waals surface area contributed by atoms with Gasteiger partial charge in [-0.15, -0.1) is 24.8 Å². The Balaban J connectivity index is 0.00000220. The number of esters is 2. The van der Waals surface area contributed by atoms with Gasteiger partial charge in [0.2, 0.25) is 0 Å². The molecule has 124 valence electrons. The molecule has 0 spiro atoms. The topological polar surface area (TPSA) is 81.9 Å². The van der Waals surface area contributed by atoms with Crippen molar-refractivity contribution in [3.8, 4) is 0 Å². The fourth-order valence-electron chi connectivity index (χ4n) is 2.25. The maximum Gasteiger partial charge on any atom is 0.324 e. The average molecular weight is 351 g/mol. The summed E-state index contributed by atoms with van der Waals surface area (Å²) in [4.78, 5) is 23.4. The summed E-state index contributed by atoms with van der Waals surface area (Å²) in [5.74, 6) is 4.56. The maximum absolute atomic E-state index is 12.0. The molecule has 2 atom stereocenters. The summed E-state index contributed by atoms with van der Waals surface area (Å²) in [5.41, 5.74) is 0.924. The van der Waals surface area contributed by atoms with Crippen molar-refractivity contribution in [2.75, 3.05) is 13.7 Å². The Morgan fingerprint density at radius 1 is 1.23 bits per heavy atom. The van der Waals surface area contributed by atoms with Gasteiger partial charge in [0.15, 0.2) is 0 Å². The van der Waals surface area contributed by atoms with Gasteiger partial charge in [-0.3, -0.25) is 15.4 Å². The van der Waals surface area contributed by atoms with E-state index in [4.69, 9.17) is 10.6 Å². The van der Waals surface area contributed by atoms with Crippen molar-refractivity contribution >= 4 is 36.8 Å². The summed E-state index contributed by atoms with van der Waals surface area (Å²) in [7, 11) is 1.30. The smallest absolute Gasteiger partial charge is 0.324 e. The van der Waals surface area contributed by atoms with Crippen LogP contribution in [0.5, 0.6) is 0 Å². The van der Waals surface area contributed by atoms with Gasteiger partial charge in [-0.2, -0.15) is 0 Å². The number of benzene rings is 1. The van der Waals surface area contributed by atoms with Gasteiger partial charge in [0.1, 0.15) is 12.6 Å². The lowest BCUT2D eigenvalue weighted by Crippen LogP contribution is -2.41. The Morgan fingerprint density at radius 2 is 1.86 bits per heavy atom. The molecular weight excluding hydrogens is 331 g/mol. The molecule has 0 saturated carbocycles. The number of methoxy groups -OCH3 is 1. The summed E-state index contributed by atoms with van der Waals surface area (Å²) in [5, 5.41) is 1.33. The third kappa shape index (κ3) is 5.14. The number of hydrogen-bond acceptors (Lipinski definition) is 6. The van der Waals surface area contributed by atoms with Crippen molar-refractivity contribution in [2.45, 2.75) is 19.1 Å². The van der Waals surface area contributed by atoms with Gasteiger partial charge in [-0.1, -0.05) is 30.3 Å². The third-order valence-corrected chi connectivity index (χ3v) is 3.37. The number of nitrogens with zero attached hydrogens (tertiary/aromatic N) is 1. The highest BCUT2D eigenvalue weighted by atomic mass is 35.5. The van der Waals surface area contributed by atoms with E-state index in [0.717, 1.165) is 5.56 Å². The van der Waals surface area contributed by atoms with E-state index in [1.165, 1.54) is 12.1 Å². The van der Waals surface area contributed by atoms with Crippen LogP contribution in [0.3, 0.4) is 0 Å². The van der Waals surface area contributed by atoms with Gasteiger partial charge in [0, 0.05) is 6.54 Å². The van der Waals surface area contributed by atoms with Gasteiger partial charge >= 0.3 is 11.9 Å². The fraction of sp³-hybridized carbons (Fsp3) is 0.429. The first kappa shape index (κ1) is 20.7. The second-order valence-electron chi connectivity index (χ2n) is 4.76. The summed E-state index contributed by atoms with van der Waals surface area (Å²) in [6.45, 7) is 0.525. The molecule has 1 heterocycles. The maximum atomic E-state index is 12.0. The Bertz CT molecular complexity index is 487. The third-order valence-electron chi connectivity index (χ3n) is 3.37. The van der Waals surface area contributed by atoms with Gasteiger partial charge in [0.05, 0.1) is 13.0 Å². The highest BCUT2D eigenvalue weighted by Gasteiger charge is 2.40. The zero-order valence-corrected chi connectivity index (χ0v) is 13.8. The van der Waals surface area contributed by atoms with E-state index in [0.29, 0.717) is 13.0 Å². The zero-order chi connectivity index (χ0) is 14.5. The zero-order valence-electron chi connectivity index (χ0n) is 12.1. The molecule has 1 aromatic rings. The molecule has 0 bridgehead atoms. The van der Waals surface area contributed by atoms with Crippen LogP contribution in [0.15, 0.2) is 30.3 Å². The largest absolute Gasteiger partial charge is 0.468 e. The summed E-state index contributed by atoms with van der Waals surface area (Å²) >= 11 is 0. The molecule has 2 rings (SSSR count). The van der Waals surface area contributed by atoms with E-state index >= 15 is 0 Å². The molecule has 1 aromatic carbocycles. The molecule has 1 saturated heterocycles. The highest BCUT2D eigenvalue weighted by Crippen LogP contribution is 2.22. The summed E-state index contributed by atoms with van der Waals surface area (Å²) in [6, 6.07) is 8.86. The molecule has 1 aliphatic rings. The lowest BCUT2D eigenvalue weighted by atomic mass is 10.1. The van der Waals surface area contributed by atoms with Gasteiger partial charge in [-0.25, -0.2) is 5.01 Å². The Kier molecular flexibility index (Phi) is 9.04. The molecule has 2 N–H and O–H groups in total. The SMILES string of the molecule is COC(=O)C1CC(C(=O)OCc2ccccc2)CN1N.Cl.Cl. The molecule has 1 fully saturated rings. The van der Waals surface area contributed by atoms with Gasteiger partial charge < -0.3 is 9.47 Å². The van der Waals surface area contributed by atoms with E-state index in [2.05, 4.69) is 4.74 Å². The van der Waals surface area contributed by atoms with Crippen LogP contribution in [0.2, 0.25) is 0 Å². The number of carbonyl (C=O) groups is 2. The van der Waals surface area contributed by atoms with E-state index in [9.17, 15) is 9.59 Å². The molecule has 0 amide bonds. The van der Waals surface area contributed by atoms with Crippen molar-refractivity contribution in [3.05, 3.63) is 35.9 Å². The van der Waals surface area contributed by atoms with E-state index in [1.54, 1.807) is 0 Å². The number of halogens is 2. The second kappa shape index (κ2) is 9.63. The monoisotopic (exact) mass is 350 g/mol. The molecule has 0 aromatic heterocycles. The van der Waals surface area contributed by atoms with Crippen LogP contribution in [0.1, 0.15) is 12.0 Å². The van der Waals surface area contributed by atoms with Gasteiger partial charge in [0.25, 0.3) is 0 Å². The standard InChI is InChI=1S/C14H18N2O4.2ClH/c1-19-14(18)12-7-11(8-16(12)15)13(17)20-9-10-5-3-2-4-6-10;;/h2-6,11-12H,7-9,15H2,1H3;2*1H. The number of nitrogens with two attached hydrogens (primary N) is 1. The van der Waals surface area contributed by atoms with Crippen molar-refractivity contribution < 1.29 is 19.1 Å². The lowest BCUT2D eigenvalue weighted by Gasteiger charge is -2.15. The predicted molar refractivity (Wildman–Crippen MR) is 85.5 cm³/mol. The Hall–Kier alpha value is -1.34. The normalized spacial score (nSPS) is 20.5. The van der Waals surface area contributed by atoms with Crippen molar-refractivity contribution in [1.29, 1.82) is 0 Å². The molecule has 0 radical (unpaired) electrons. The van der Waals surface area contributed by atoms with Crippen LogP contribution >= 0.6 is 24.8 Å². The van der Waals surface area contributed by atoms with Crippen LogP contribution in [0.25, 0.3) is 0 Å². The Labute approximate surface area is 141 Å². The molecule has 1 aliphatic heterocycles. The quantitative estimate of drug-likeness (QED) is 0.651. The number of hydrogen-bond donors (Lipinski definition) is 1. The van der Waals surface area contributed by atoms with E-state index in [-0.39, 0.29) is 37.4 Å². The first-order valence-corrected chi connectivity index (χ1v) is 6.41. The minimum atomic E-state index is -0.575. The van der Waals surface area contributed by atoms with Crippen molar-refractivity contribution in [2.24, 2.45) is 11.8 Å². The Morgan fingerprint density at radius 3 is 2.45 bits per heavy atom. The fourth-order valence-corrected chi connectivity index (χ4v) is 2.25. The first-order valence-electron chi connectivity index (χ1n) is 6.41. The number of hydrazine groups is 1. The minimum Gasteiger partial charge on any atom is -0.468 e. The second-order valence-corrected chi connectivity index (χ2v) is 4.76. The predicted octanol–water partition coefficient (Wildman–Crippen LogP) is 1.31. The van der Waals surface area contributed by atoms with Gasteiger partial charge in [-0.05, 0) is 12.0 Å². The van der Waals surface area contributed by atoms with Crippen molar-refractivity contribution in [1.82, 2.24) is 5.01 Å². The molecule has 8 heteroatoms. The number of carbonyl (C=O) groups excluding carboxylic acids is 2.